The number of H-pyrrole nitrogens is 1. The second-order valence-electron chi connectivity index (χ2n) is 4.38. The fourth-order valence-corrected chi connectivity index (χ4v) is 2.75. The zero-order valence-electron chi connectivity index (χ0n) is 10.8. The van der Waals surface area contributed by atoms with Crippen molar-refractivity contribution in [3.63, 3.8) is 0 Å². The van der Waals surface area contributed by atoms with Gasteiger partial charge in [-0.05, 0) is 24.3 Å². The molecule has 100 valence electrons. The van der Waals surface area contributed by atoms with Gasteiger partial charge in [-0.2, -0.15) is 0 Å². The molecular weight excluding hydrogens is 268 g/mol. The highest BCUT2D eigenvalue weighted by atomic mass is 32.2. The predicted octanol–water partition coefficient (Wildman–Crippen LogP) is 3.65. The van der Waals surface area contributed by atoms with Gasteiger partial charge in [-0.25, -0.2) is 0 Å². The first-order valence-corrected chi connectivity index (χ1v) is 7.35. The molecule has 2 N–H and O–H groups in total. The third kappa shape index (κ3) is 2.86. The third-order valence-corrected chi connectivity index (χ3v) is 3.82. The van der Waals surface area contributed by atoms with Crippen molar-refractivity contribution in [3.05, 3.63) is 66.2 Å². The van der Waals surface area contributed by atoms with Gasteiger partial charge in [0, 0.05) is 16.5 Å². The topological polar surface area (TPSA) is 44.9 Å². The maximum atomic E-state index is 11.9. The van der Waals surface area contributed by atoms with Crippen molar-refractivity contribution in [1.29, 1.82) is 0 Å². The van der Waals surface area contributed by atoms with Crippen molar-refractivity contribution in [3.8, 4) is 0 Å². The molecule has 1 heterocycles. The Morgan fingerprint density at radius 3 is 2.60 bits per heavy atom. The van der Waals surface area contributed by atoms with E-state index in [9.17, 15) is 4.79 Å². The number of rotatable bonds is 4. The van der Waals surface area contributed by atoms with E-state index < -0.39 is 0 Å². The van der Waals surface area contributed by atoms with Gasteiger partial charge >= 0.3 is 0 Å². The fraction of sp³-hybridized carbons (Fsp3) is 0.0625. The van der Waals surface area contributed by atoms with Gasteiger partial charge in [-0.3, -0.25) is 4.79 Å². The van der Waals surface area contributed by atoms with E-state index in [0.29, 0.717) is 11.4 Å². The van der Waals surface area contributed by atoms with Crippen LogP contribution in [0.3, 0.4) is 0 Å². The van der Waals surface area contributed by atoms with Crippen LogP contribution < -0.4 is 5.32 Å². The Morgan fingerprint density at radius 1 is 1.05 bits per heavy atom. The number of para-hydroxylation sites is 1. The summed E-state index contributed by atoms with van der Waals surface area (Å²) in [5.74, 6) is 0.495. The Morgan fingerprint density at radius 2 is 1.80 bits per heavy atom. The number of aromatic amines is 1. The van der Waals surface area contributed by atoms with Gasteiger partial charge in [0.05, 0.1) is 10.9 Å². The minimum absolute atomic E-state index is 0.0470. The van der Waals surface area contributed by atoms with Crippen LogP contribution in [0.4, 0.5) is 0 Å². The van der Waals surface area contributed by atoms with E-state index in [0.717, 1.165) is 10.5 Å². The number of aromatic nitrogens is 1. The smallest absolute Gasteiger partial charge is 0.251 e. The molecule has 20 heavy (non-hydrogen) atoms. The van der Waals surface area contributed by atoms with Gasteiger partial charge < -0.3 is 10.3 Å². The van der Waals surface area contributed by atoms with E-state index in [1.807, 2.05) is 48.5 Å². The van der Waals surface area contributed by atoms with E-state index in [4.69, 9.17) is 0 Å². The van der Waals surface area contributed by atoms with E-state index in [2.05, 4.69) is 22.4 Å². The SMILES string of the molecule is O=C(NCSc1cc2ccccc2[nH]1)c1ccccc1. The van der Waals surface area contributed by atoms with Crippen LogP contribution in [0.25, 0.3) is 10.9 Å². The van der Waals surface area contributed by atoms with Gasteiger partial charge in [-0.15, -0.1) is 0 Å². The summed E-state index contributed by atoms with van der Waals surface area (Å²) in [5, 5.41) is 5.14. The summed E-state index contributed by atoms with van der Waals surface area (Å²) in [7, 11) is 0. The maximum Gasteiger partial charge on any atom is 0.251 e. The number of hydrogen-bond donors (Lipinski definition) is 2. The molecule has 0 bridgehead atoms. The van der Waals surface area contributed by atoms with E-state index in [1.165, 1.54) is 5.39 Å². The monoisotopic (exact) mass is 282 g/mol. The summed E-state index contributed by atoms with van der Waals surface area (Å²) in [4.78, 5) is 15.2. The summed E-state index contributed by atoms with van der Waals surface area (Å²) < 4.78 is 0. The Labute approximate surface area is 121 Å². The Hall–Kier alpha value is -2.20. The normalized spacial score (nSPS) is 10.6. The van der Waals surface area contributed by atoms with Crippen LogP contribution in [0.5, 0.6) is 0 Å². The summed E-state index contributed by atoms with van der Waals surface area (Å²) >= 11 is 1.58. The first-order valence-electron chi connectivity index (χ1n) is 6.37. The Kier molecular flexibility index (Phi) is 3.74. The molecule has 1 aromatic heterocycles. The lowest BCUT2D eigenvalue weighted by Crippen LogP contribution is -2.22. The molecule has 0 aliphatic heterocycles. The van der Waals surface area contributed by atoms with Gasteiger partial charge in [0.1, 0.15) is 0 Å². The molecule has 3 aromatic rings. The molecule has 1 amide bonds. The second-order valence-corrected chi connectivity index (χ2v) is 5.40. The molecule has 3 rings (SSSR count). The molecular formula is C16H14N2OS. The summed E-state index contributed by atoms with van der Waals surface area (Å²) in [6.45, 7) is 0. The van der Waals surface area contributed by atoms with E-state index >= 15 is 0 Å². The number of fused-ring (bicyclic) bond motifs is 1. The quantitative estimate of drug-likeness (QED) is 0.567. The van der Waals surface area contributed by atoms with Crippen molar-refractivity contribution < 1.29 is 4.79 Å². The fourth-order valence-electron chi connectivity index (χ4n) is 2.00. The molecule has 2 aromatic carbocycles. The van der Waals surface area contributed by atoms with Crippen LogP contribution >= 0.6 is 11.8 Å². The van der Waals surface area contributed by atoms with Gasteiger partial charge in [-0.1, -0.05) is 48.2 Å². The van der Waals surface area contributed by atoms with Crippen molar-refractivity contribution in [2.75, 3.05) is 5.88 Å². The number of thioether (sulfide) groups is 1. The molecule has 0 radical (unpaired) electrons. The van der Waals surface area contributed by atoms with E-state index in [-0.39, 0.29) is 5.91 Å². The Balaban J connectivity index is 1.58. The minimum Gasteiger partial charge on any atom is -0.350 e. The molecule has 0 spiro atoms. The molecule has 0 aliphatic rings. The molecule has 0 atom stereocenters. The molecule has 0 unspecified atom stereocenters. The molecule has 0 aliphatic carbocycles. The molecule has 4 heteroatoms. The van der Waals surface area contributed by atoms with Crippen molar-refractivity contribution >= 4 is 28.6 Å². The van der Waals surface area contributed by atoms with Gasteiger partial charge in [0.2, 0.25) is 0 Å². The highest BCUT2D eigenvalue weighted by Crippen LogP contribution is 2.22. The lowest BCUT2D eigenvalue weighted by atomic mass is 10.2. The molecule has 0 saturated carbocycles. The van der Waals surface area contributed by atoms with E-state index in [1.54, 1.807) is 11.8 Å². The molecule has 0 fully saturated rings. The Bertz CT molecular complexity index is 688. The van der Waals surface area contributed by atoms with Crippen LogP contribution in [0.2, 0.25) is 0 Å². The van der Waals surface area contributed by atoms with Crippen LogP contribution in [-0.4, -0.2) is 16.8 Å². The number of carbonyl (C=O) groups is 1. The first kappa shape index (κ1) is 12.8. The van der Waals surface area contributed by atoms with Crippen LogP contribution in [0.1, 0.15) is 10.4 Å². The minimum atomic E-state index is -0.0470. The summed E-state index contributed by atoms with van der Waals surface area (Å²) in [5.41, 5.74) is 1.80. The third-order valence-electron chi connectivity index (χ3n) is 3.00. The van der Waals surface area contributed by atoms with Gasteiger partial charge in [0.25, 0.3) is 5.91 Å². The van der Waals surface area contributed by atoms with Crippen molar-refractivity contribution in [1.82, 2.24) is 10.3 Å². The number of amides is 1. The largest absolute Gasteiger partial charge is 0.350 e. The maximum absolute atomic E-state index is 11.9. The summed E-state index contributed by atoms with van der Waals surface area (Å²) in [6.07, 6.45) is 0. The zero-order valence-corrected chi connectivity index (χ0v) is 11.6. The number of benzene rings is 2. The molecule has 0 saturated heterocycles. The van der Waals surface area contributed by atoms with Crippen LogP contribution in [-0.2, 0) is 0 Å². The predicted molar refractivity (Wildman–Crippen MR) is 82.9 cm³/mol. The lowest BCUT2D eigenvalue weighted by Gasteiger charge is -2.03. The zero-order chi connectivity index (χ0) is 13.8. The van der Waals surface area contributed by atoms with Crippen molar-refractivity contribution in [2.24, 2.45) is 0 Å². The van der Waals surface area contributed by atoms with Crippen molar-refractivity contribution in [2.45, 2.75) is 5.03 Å². The first-order chi connectivity index (χ1) is 9.83. The highest BCUT2D eigenvalue weighted by molar-refractivity contribution is 7.99. The van der Waals surface area contributed by atoms with Gasteiger partial charge in [0.15, 0.2) is 0 Å². The molecule has 3 nitrogen and oxygen atoms in total. The lowest BCUT2D eigenvalue weighted by molar-refractivity contribution is 0.0961. The van der Waals surface area contributed by atoms with Crippen LogP contribution in [0.15, 0.2) is 65.7 Å². The number of nitrogens with one attached hydrogen (secondary N) is 2. The van der Waals surface area contributed by atoms with Crippen LogP contribution in [0, 0.1) is 0 Å². The number of hydrogen-bond acceptors (Lipinski definition) is 2. The number of carbonyl (C=O) groups excluding carboxylic acids is 1. The average Bonchev–Trinajstić information content (AvgIpc) is 2.90. The second kappa shape index (κ2) is 5.84. The standard InChI is InChI=1S/C16H14N2OS/c19-16(12-6-2-1-3-7-12)17-11-20-15-10-13-8-4-5-9-14(13)18-15/h1-10,18H,11H2,(H,17,19). The highest BCUT2D eigenvalue weighted by Gasteiger charge is 2.04. The summed E-state index contributed by atoms with van der Waals surface area (Å²) in [6, 6.07) is 19.5. The average molecular weight is 282 g/mol.